The molecular weight excluding hydrogens is 429 g/mol. The maximum absolute atomic E-state index is 13.7. The molecule has 1 unspecified atom stereocenters. The molecule has 1 aliphatic carbocycles. The summed E-state index contributed by atoms with van der Waals surface area (Å²) in [5, 5.41) is 3.96. The van der Waals surface area contributed by atoms with Crippen molar-refractivity contribution in [2.45, 2.75) is 44.8 Å². The molecule has 1 fully saturated rings. The van der Waals surface area contributed by atoms with Gasteiger partial charge in [0.2, 0.25) is 10.0 Å². The number of halogens is 3. The van der Waals surface area contributed by atoms with Crippen molar-refractivity contribution >= 4 is 16.2 Å². The van der Waals surface area contributed by atoms with Crippen molar-refractivity contribution in [3.8, 4) is 5.69 Å². The summed E-state index contributed by atoms with van der Waals surface area (Å²) in [5.41, 5.74) is 1.42. The van der Waals surface area contributed by atoms with Crippen molar-refractivity contribution in [2.24, 2.45) is 10.9 Å². The van der Waals surface area contributed by atoms with Crippen molar-refractivity contribution in [3.63, 3.8) is 0 Å². The zero-order valence-corrected chi connectivity index (χ0v) is 18.1. The Labute approximate surface area is 179 Å². The van der Waals surface area contributed by atoms with Gasteiger partial charge in [-0.15, -0.1) is 0 Å². The lowest BCUT2D eigenvalue weighted by Crippen LogP contribution is -2.25. The van der Waals surface area contributed by atoms with Gasteiger partial charge in [-0.1, -0.05) is 12.1 Å². The van der Waals surface area contributed by atoms with Gasteiger partial charge in [0.25, 0.3) is 0 Å². The molecule has 31 heavy (non-hydrogen) atoms. The number of aromatic nitrogens is 2. The quantitative estimate of drug-likeness (QED) is 0.648. The van der Waals surface area contributed by atoms with Crippen molar-refractivity contribution in [1.29, 1.82) is 0 Å². The molecule has 2 aliphatic rings. The molecule has 4 rings (SSSR count). The molecule has 1 saturated heterocycles. The van der Waals surface area contributed by atoms with Gasteiger partial charge in [-0.3, -0.25) is 0 Å². The van der Waals surface area contributed by atoms with Crippen molar-refractivity contribution in [3.05, 3.63) is 46.8 Å². The Morgan fingerprint density at radius 2 is 2.00 bits per heavy atom. The lowest BCUT2D eigenvalue weighted by Gasteiger charge is -2.22. The van der Waals surface area contributed by atoms with Crippen LogP contribution in [0.1, 0.15) is 41.8 Å². The van der Waals surface area contributed by atoms with Crippen LogP contribution in [0.4, 0.5) is 13.2 Å². The zero-order valence-electron chi connectivity index (χ0n) is 17.3. The van der Waals surface area contributed by atoms with Crippen LogP contribution >= 0.6 is 0 Å². The highest BCUT2D eigenvalue weighted by atomic mass is 32.2. The fraction of sp³-hybridized carbons (Fsp3) is 0.524. The molecular formula is C21H25F3N4O2S. The molecule has 1 aromatic heterocycles. The third kappa shape index (κ3) is 4.55. The number of hydrogen-bond acceptors (Lipinski definition) is 4. The summed E-state index contributed by atoms with van der Waals surface area (Å²) in [5.74, 6) is 0.287. The maximum atomic E-state index is 13.7. The molecule has 0 radical (unpaired) electrons. The van der Waals surface area contributed by atoms with E-state index in [0.29, 0.717) is 43.6 Å². The van der Waals surface area contributed by atoms with Crippen LogP contribution in [0.2, 0.25) is 0 Å². The third-order valence-electron chi connectivity index (χ3n) is 6.00. The summed E-state index contributed by atoms with van der Waals surface area (Å²) in [6, 6.07) is 6.93. The fourth-order valence-corrected chi connectivity index (χ4v) is 5.91. The average molecular weight is 455 g/mol. The first-order valence-electron chi connectivity index (χ1n) is 10.3. The Hall–Kier alpha value is -2.20. The SMILES string of the molecule is CN=CCC1CCc2c(c(C(F)(F)F)nn2-c2ccc(CN3CCCS3(=O)=O)cc2)C1. The Morgan fingerprint density at radius 1 is 1.26 bits per heavy atom. The van der Waals surface area contributed by atoms with Crippen molar-refractivity contribution < 1.29 is 21.6 Å². The maximum Gasteiger partial charge on any atom is 0.435 e. The second kappa shape index (κ2) is 8.38. The topological polar surface area (TPSA) is 67.6 Å². The van der Waals surface area contributed by atoms with E-state index in [4.69, 9.17) is 0 Å². The highest BCUT2D eigenvalue weighted by Gasteiger charge is 2.41. The molecule has 1 aliphatic heterocycles. The monoisotopic (exact) mass is 454 g/mol. The van der Waals surface area contributed by atoms with E-state index in [1.54, 1.807) is 37.5 Å². The minimum absolute atomic E-state index is 0.125. The summed E-state index contributed by atoms with van der Waals surface area (Å²) >= 11 is 0. The molecule has 2 heterocycles. The fourth-order valence-electron chi connectivity index (χ4n) is 4.40. The van der Waals surface area contributed by atoms with Gasteiger partial charge in [0.15, 0.2) is 5.69 Å². The molecule has 10 heteroatoms. The van der Waals surface area contributed by atoms with E-state index in [2.05, 4.69) is 10.1 Å². The molecule has 168 valence electrons. The number of sulfonamides is 1. The van der Waals surface area contributed by atoms with Crippen LogP contribution in [0, 0.1) is 5.92 Å². The van der Waals surface area contributed by atoms with Crippen LogP contribution in [-0.2, 0) is 35.6 Å². The first-order valence-corrected chi connectivity index (χ1v) is 12.0. The smallest absolute Gasteiger partial charge is 0.301 e. The van der Waals surface area contributed by atoms with Crippen LogP contribution in [0.5, 0.6) is 0 Å². The van der Waals surface area contributed by atoms with Gasteiger partial charge >= 0.3 is 6.18 Å². The first-order chi connectivity index (χ1) is 14.7. The number of rotatable bonds is 5. The molecule has 0 bridgehead atoms. The summed E-state index contributed by atoms with van der Waals surface area (Å²) in [6.07, 6.45) is 0.160. The van der Waals surface area contributed by atoms with Gasteiger partial charge in [0, 0.05) is 31.4 Å². The number of nitrogens with zero attached hydrogens (tertiary/aromatic N) is 4. The van der Waals surface area contributed by atoms with Crippen LogP contribution in [0.25, 0.3) is 5.69 Å². The third-order valence-corrected chi connectivity index (χ3v) is 7.91. The second-order valence-corrected chi connectivity index (χ2v) is 10.2. The van der Waals surface area contributed by atoms with E-state index in [1.807, 2.05) is 0 Å². The predicted octanol–water partition coefficient (Wildman–Crippen LogP) is 3.62. The van der Waals surface area contributed by atoms with E-state index in [1.165, 1.54) is 8.99 Å². The standard InChI is InChI=1S/C21H25F3N4O2S/c1-25-10-9-15-5-8-19-18(13-15)20(21(22,23)24)26-28(19)17-6-3-16(4-7-17)14-27-11-2-12-31(27,29)30/h3-4,6-7,10,15H,2,5,8-9,11-14H2,1H3. The largest absolute Gasteiger partial charge is 0.435 e. The van der Waals surface area contributed by atoms with Crippen LogP contribution in [0.15, 0.2) is 29.3 Å². The Balaban J connectivity index is 1.62. The Bertz CT molecular complexity index is 1080. The van der Waals surface area contributed by atoms with Crippen LogP contribution in [-0.4, -0.2) is 48.1 Å². The van der Waals surface area contributed by atoms with Crippen LogP contribution < -0.4 is 0 Å². The number of alkyl halides is 3. The average Bonchev–Trinajstić information content (AvgIpc) is 3.26. The highest BCUT2D eigenvalue weighted by molar-refractivity contribution is 7.89. The molecule has 6 nitrogen and oxygen atoms in total. The van der Waals surface area contributed by atoms with Crippen molar-refractivity contribution in [2.75, 3.05) is 19.3 Å². The Kier molecular flexibility index (Phi) is 5.95. The minimum atomic E-state index is -4.51. The molecule has 0 saturated carbocycles. The summed E-state index contributed by atoms with van der Waals surface area (Å²) in [7, 11) is -1.54. The Morgan fingerprint density at radius 3 is 2.61 bits per heavy atom. The highest BCUT2D eigenvalue weighted by Crippen LogP contribution is 2.38. The molecule has 1 aromatic carbocycles. The van der Waals surface area contributed by atoms with Gasteiger partial charge in [-0.2, -0.15) is 22.6 Å². The number of aliphatic imine (C=N–C) groups is 1. The van der Waals surface area contributed by atoms with E-state index in [9.17, 15) is 21.6 Å². The number of benzene rings is 1. The lowest BCUT2D eigenvalue weighted by molar-refractivity contribution is -0.142. The normalized spacial score (nSPS) is 21.6. The molecule has 0 spiro atoms. The van der Waals surface area contributed by atoms with Gasteiger partial charge in [-0.25, -0.2) is 13.1 Å². The van der Waals surface area contributed by atoms with Gasteiger partial charge in [0.05, 0.1) is 11.4 Å². The summed E-state index contributed by atoms with van der Waals surface area (Å²) in [4.78, 5) is 3.95. The predicted molar refractivity (Wildman–Crippen MR) is 112 cm³/mol. The summed E-state index contributed by atoms with van der Waals surface area (Å²) < 4.78 is 67.9. The van der Waals surface area contributed by atoms with E-state index >= 15 is 0 Å². The zero-order chi connectivity index (χ0) is 22.2. The first kappa shape index (κ1) is 22.0. The van der Waals surface area contributed by atoms with Gasteiger partial charge in [0.1, 0.15) is 0 Å². The second-order valence-electron chi connectivity index (χ2n) is 8.14. The minimum Gasteiger partial charge on any atom is -0.301 e. The molecule has 0 N–H and O–H groups in total. The number of fused-ring (bicyclic) bond motifs is 1. The molecule has 1 atom stereocenters. The van der Waals surface area contributed by atoms with E-state index in [0.717, 1.165) is 12.0 Å². The van der Waals surface area contributed by atoms with E-state index < -0.39 is 21.9 Å². The summed E-state index contributed by atoms with van der Waals surface area (Å²) in [6.45, 7) is 0.768. The molecule has 2 aromatic rings. The van der Waals surface area contributed by atoms with Crippen LogP contribution in [0.3, 0.4) is 0 Å². The van der Waals surface area contributed by atoms with E-state index in [-0.39, 0.29) is 23.8 Å². The number of hydrogen-bond donors (Lipinski definition) is 0. The van der Waals surface area contributed by atoms with Crippen molar-refractivity contribution in [1.82, 2.24) is 14.1 Å². The molecule has 0 amide bonds. The van der Waals surface area contributed by atoms with Gasteiger partial charge < -0.3 is 4.99 Å². The lowest BCUT2D eigenvalue weighted by atomic mass is 9.84. The van der Waals surface area contributed by atoms with Gasteiger partial charge in [-0.05, 0) is 61.9 Å².